The largest absolute Gasteiger partial charge is 0.454 e. The van der Waals surface area contributed by atoms with Gasteiger partial charge in [-0.25, -0.2) is 0 Å². The Bertz CT molecular complexity index is 4320. The highest BCUT2D eigenvalue weighted by Gasteiger charge is 2.27. The van der Waals surface area contributed by atoms with Gasteiger partial charge >= 0.3 is 0 Å². The Balaban J connectivity index is 1.14. The molecule has 328 valence electrons. The van der Waals surface area contributed by atoms with Crippen LogP contribution in [0.1, 0.15) is 0 Å². The summed E-state index contributed by atoms with van der Waals surface area (Å²) in [6, 6.07) is 91.5. The van der Waals surface area contributed by atoms with E-state index in [1.807, 2.05) is 12.1 Å². The van der Waals surface area contributed by atoms with Crippen molar-refractivity contribution in [1.29, 1.82) is 0 Å². The Hall–Kier alpha value is -9.38. The average Bonchev–Trinajstić information content (AvgIpc) is 4.01. The minimum Gasteiger partial charge on any atom is -0.454 e. The maximum atomic E-state index is 6.94. The molecule has 4 nitrogen and oxygen atoms in total. The highest BCUT2D eigenvalue weighted by molar-refractivity contribution is 6.16. The SMILES string of the molecule is c1ccc(-c2cc(N(c3cccc4ccccc34)c3cccc4c3oc3ccccc34)c3cc(N(c4ccc5ccccc5c4)c4cccc5c4oc4ccccc45)c(-c4ccccc4)cc3c2)cc1. The molecular weight excluding hydrogens is 853 g/mol. The molecule has 0 aliphatic heterocycles. The molecule has 2 aromatic heterocycles. The highest BCUT2D eigenvalue weighted by atomic mass is 16.3. The molecule has 2 heterocycles. The van der Waals surface area contributed by atoms with Crippen molar-refractivity contribution < 1.29 is 8.83 Å². The number of rotatable bonds is 8. The molecule has 0 aliphatic rings. The lowest BCUT2D eigenvalue weighted by Gasteiger charge is -2.31. The monoisotopic (exact) mass is 894 g/mol. The number of hydrogen-bond donors (Lipinski definition) is 0. The summed E-state index contributed by atoms with van der Waals surface area (Å²) in [6.45, 7) is 0. The van der Waals surface area contributed by atoms with Crippen LogP contribution in [0.15, 0.2) is 264 Å². The van der Waals surface area contributed by atoms with Crippen LogP contribution in [0.2, 0.25) is 0 Å². The molecule has 12 aromatic carbocycles. The first-order chi connectivity index (χ1) is 34.7. The van der Waals surface area contributed by atoms with Gasteiger partial charge in [0.15, 0.2) is 11.2 Å². The van der Waals surface area contributed by atoms with Gasteiger partial charge in [0.1, 0.15) is 11.2 Å². The predicted octanol–water partition coefficient (Wildman–Crippen LogP) is 19.2. The van der Waals surface area contributed by atoms with Crippen molar-refractivity contribution in [2.75, 3.05) is 9.80 Å². The molecule has 0 saturated heterocycles. The molecule has 0 saturated carbocycles. The first kappa shape index (κ1) is 39.8. The van der Waals surface area contributed by atoms with E-state index in [1.165, 1.54) is 5.39 Å². The van der Waals surface area contributed by atoms with Crippen LogP contribution in [0.4, 0.5) is 34.1 Å². The van der Waals surface area contributed by atoms with Gasteiger partial charge in [-0.1, -0.05) is 188 Å². The maximum absolute atomic E-state index is 6.94. The molecule has 0 aliphatic carbocycles. The number of benzene rings is 12. The molecule has 0 radical (unpaired) electrons. The van der Waals surface area contributed by atoms with E-state index in [4.69, 9.17) is 8.83 Å². The molecule has 0 atom stereocenters. The first-order valence-corrected chi connectivity index (χ1v) is 23.8. The average molecular weight is 895 g/mol. The van der Waals surface area contributed by atoms with Gasteiger partial charge in [-0.15, -0.1) is 0 Å². The van der Waals surface area contributed by atoms with Gasteiger partial charge in [-0.3, -0.25) is 0 Å². The molecule has 0 unspecified atom stereocenters. The van der Waals surface area contributed by atoms with Crippen molar-refractivity contribution >= 4 is 110 Å². The van der Waals surface area contributed by atoms with Crippen LogP contribution in [0.3, 0.4) is 0 Å². The standard InChI is InChI=1S/C66H42N2O2/c1-3-18-43(19-4-1)48-38-49-40-56(46-21-5-2-6-22-46)62(67(50-37-36-44-20-7-8-24-47(44)39-50)59-32-16-29-54-52-27-11-13-34-63(52)69-65(54)59)42-57(49)61(41-48)68(58-31-15-25-45-23-9-10-26-51(45)58)60-33-17-30-55-53-28-12-14-35-64(53)70-66(55)60/h1-42H. The van der Waals surface area contributed by atoms with Gasteiger partial charge in [-0.2, -0.15) is 0 Å². The summed E-state index contributed by atoms with van der Waals surface area (Å²) in [7, 11) is 0. The summed E-state index contributed by atoms with van der Waals surface area (Å²) in [5, 5.41) is 11.1. The second-order valence-electron chi connectivity index (χ2n) is 18.0. The third-order valence-corrected chi connectivity index (χ3v) is 14.0. The van der Waals surface area contributed by atoms with E-state index in [0.29, 0.717) is 0 Å². The van der Waals surface area contributed by atoms with E-state index < -0.39 is 0 Å². The zero-order valence-corrected chi connectivity index (χ0v) is 38.0. The number of anilines is 6. The van der Waals surface area contributed by atoms with Crippen LogP contribution in [-0.4, -0.2) is 0 Å². The van der Waals surface area contributed by atoms with Crippen molar-refractivity contribution in [3.05, 3.63) is 255 Å². The van der Waals surface area contributed by atoms with E-state index in [9.17, 15) is 0 Å². The van der Waals surface area contributed by atoms with Crippen LogP contribution >= 0.6 is 0 Å². The fourth-order valence-electron chi connectivity index (χ4n) is 10.7. The molecule has 0 spiro atoms. The topological polar surface area (TPSA) is 32.8 Å². The lowest BCUT2D eigenvalue weighted by Crippen LogP contribution is -2.14. The Morgan fingerprint density at radius 1 is 0.243 bits per heavy atom. The molecule has 70 heavy (non-hydrogen) atoms. The minimum atomic E-state index is 0.824. The maximum Gasteiger partial charge on any atom is 0.159 e. The second kappa shape index (κ2) is 16.2. The number of para-hydroxylation sites is 4. The number of hydrogen-bond acceptors (Lipinski definition) is 4. The fourth-order valence-corrected chi connectivity index (χ4v) is 10.7. The molecule has 0 bridgehead atoms. The van der Waals surface area contributed by atoms with E-state index in [0.717, 1.165) is 127 Å². The lowest BCUT2D eigenvalue weighted by molar-refractivity contribution is 0.668. The summed E-state index contributed by atoms with van der Waals surface area (Å²) < 4.78 is 13.9. The number of furan rings is 2. The fraction of sp³-hybridized carbons (Fsp3) is 0. The quantitative estimate of drug-likeness (QED) is 0.152. The molecule has 4 heteroatoms. The van der Waals surface area contributed by atoms with Crippen LogP contribution in [-0.2, 0) is 0 Å². The van der Waals surface area contributed by atoms with Crippen LogP contribution in [0.25, 0.3) is 98.4 Å². The van der Waals surface area contributed by atoms with Crippen molar-refractivity contribution in [2.45, 2.75) is 0 Å². The Morgan fingerprint density at radius 2 is 0.771 bits per heavy atom. The van der Waals surface area contributed by atoms with Gasteiger partial charge in [0.05, 0.1) is 28.4 Å². The van der Waals surface area contributed by atoms with Gasteiger partial charge in [0.25, 0.3) is 0 Å². The smallest absolute Gasteiger partial charge is 0.159 e. The van der Waals surface area contributed by atoms with Crippen LogP contribution in [0, 0.1) is 0 Å². The summed E-state index contributed by atoms with van der Waals surface area (Å²) in [4.78, 5) is 4.85. The molecular formula is C66H42N2O2. The van der Waals surface area contributed by atoms with E-state index in [-0.39, 0.29) is 0 Å². The van der Waals surface area contributed by atoms with Crippen molar-refractivity contribution in [1.82, 2.24) is 0 Å². The normalized spacial score (nSPS) is 11.7. The number of nitrogens with zero attached hydrogens (tertiary/aromatic N) is 2. The summed E-state index contributed by atoms with van der Waals surface area (Å²) in [5.41, 5.74) is 13.8. The van der Waals surface area contributed by atoms with E-state index in [1.54, 1.807) is 0 Å². The van der Waals surface area contributed by atoms with E-state index >= 15 is 0 Å². The molecule has 14 rings (SSSR count). The molecule has 0 amide bonds. The molecule has 0 N–H and O–H groups in total. The van der Waals surface area contributed by atoms with E-state index in [2.05, 4.69) is 252 Å². The Morgan fingerprint density at radius 3 is 1.47 bits per heavy atom. The summed E-state index contributed by atoms with van der Waals surface area (Å²) in [5.74, 6) is 0. The van der Waals surface area contributed by atoms with Crippen molar-refractivity contribution in [3.63, 3.8) is 0 Å². The highest BCUT2D eigenvalue weighted by Crippen LogP contribution is 2.52. The third kappa shape index (κ3) is 6.46. The Labute approximate surface area is 404 Å². The van der Waals surface area contributed by atoms with Gasteiger partial charge in [-0.05, 0) is 105 Å². The summed E-state index contributed by atoms with van der Waals surface area (Å²) in [6.07, 6.45) is 0. The molecule has 14 aromatic rings. The third-order valence-electron chi connectivity index (χ3n) is 14.0. The number of fused-ring (bicyclic) bond motifs is 9. The predicted molar refractivity (Wildman–Crippen MR) is 294 cm³/mol. The van der Waals surface area contributed by atoms with Crippen LogP contribution in [0.5, 0.6) is 0 Å². The Kier molecular flexibility index (Phi) is 9.17. The first-order valence-electron chi connectivity index (χ1n) is 23.8. The minimum absolute atomic E-state index is 0.824. The van der Waals surface area contributed by atoms with Crippen molar-refractivity contribution in [3.8, 4) is 22.3 Å². The van der Waals surface area contributed by atoms with Gasteiger partial charge < -0.3 is 18.6 Å². The lowest BCUT2D eigenvalue weighted by atomic mass is 9.93. The zero-order chi connectivity index (χ0) is 46.1. The van der Waals surface area contributed by atoms with Crippen molar-refractivity contribution in [2.24, 2.45) is 0 Å². The zero-order valence-electron chi connectivity index (χ0n) is 38.0. The van der Waals surface area contributed by atoms with Crippen LogP contribution < -0.4 is 9.80 Å². The van der Waals surface area contributed by atoms with Gasteiger partial charge in [0.2, 0.25) is 0 Å². The second-order valence-corrected chi connectivity index (χ2v) is 18.0. The van der Waals surface area contributed by atoms with Gasteiger partial charge in [0, 0.05) is 43.6 Å². The summed E-state index contributed by atoms with van der Waals surface area (Å²) >= 11 is 0. The molecule has 0 fully saturated rings.